The van der Waals surface area contributed by atoms with Crippen molar-refractivity contribution >= 4 is 39.5 Å². The SMILES string of the molecule is CC(C)CCCCCCCCCCCCCCCCCCC(=O)O[C@H](COC(=O)CCCCCCCCCCCCC(C)C)COP(=O)(O)OCC(O)COP(=O)(O)OC[C@@H](COC(=O)CCCCCCCCC(C)C)OC(=O)CCCCCCCCCCCCCCCCCCC(C)C. The summed E-state index contributed by atoms with van der Waals surface area (Å²) in [5.74, 6) is 0.940. The van der Waals surface area contributed by atoms with Gasteiger partial charge >= 0.3 is 39.5 Å². The number of carbonyl (C=O) groups is 4. The van der Waals surface area contributed by atoms with Crippen LogP contribution in [0.1, 0.15) is 415 Å². The van der Waals surface area contributed by atoms with E-state index in [0.717, 1.165) is 114 Å². The molecule has 0 aliphatic heterocycles. The quantitative estimate of drug-likeness (QED) is 0.0222. The zero-order valence-corrected chi connectivity index (χ0v) is 67.6. The highest BCUT2D eigenvalue weighted by Crippen LogP contribution is 2.45. The number of aliphatic hydroxyl groups is 1. The van der Waals surface area contributed by atoms with Gasteiger partial charge in [-0.15, -0.1) is 0 Å². The molecular weight excluding hydrogens is 1310 g/mol. The summed E-state index contributed by atoms with van der Waals surface area (Å²) in [6.07, 6.45) is 57.1. The molecule has 594 valence electrons. The number of carbonyl (C=O) groups excluding carboxylic acids is 4. The van der Waals surface area contributed by atoms with Crippen LogP contribution >= 0.6 is 15.6 Å². The first-order valence-corrected chi connectivity index (χ1v) is 44.7. The van der Waals surface area contributed by atoms with Crippen LogP contribution < -0.4 is 0 Å². The van der Waals surface area contributed by atoms with E-state index in [1.165, 1.54) is 212 Å². The van der Waals surface area contributed by atoms with Gasteiger partial charge in [0.1, 0.15) is 19.3 Å². The van der Waals surface area contributed by atoms with Gasteiger partial charge in [0, 0.05) is 25.7 Å². The Bertz CT molecular complexity index is 1950. The van der Waals surface area contributed by atoms with E-state index in [1.807, 2.05) is 0 Å². The molecule has 0 aromatic heterocycles. The number of aliphatic hydroxyl groups excluding tert-OH is 1. The summed E-state index contributed by atoms with van der Waals surface area (Å²) >= 11 is 0. The number of phosphoric ester groups is 2. The molecule has 3 unspecified atom stereocenters. The number of unbranched alkanes of at least 4 members (excludes halogenated alkanes) is 44. The minimum absolute atomic E-state index is 0.107. The molecule has 19 heteroatoms. The number of ether oxygens (including phenoxy) is 4. The molecule has 3 N–H and O–H groups in total. The molecule has 0 fully saturated rings. The van der Waals surface area contributed by atoms with Crippen LogP contribution in [0.4, 0.5) is 0 Å². The van der Waals surface area contributed by atoms with Gasteiger partial charge in [-0.1, -0.05) is 364 Å². The molecule has 0 aromatic rings. The molecule has 17 nitrogen and oxygen atoms in total. The van der Waals surface area contributed by atoms with Gasteiger partial charge in [0.15, 0.2) is 12.2 Å². The second-order valence-corrected chi connectivity index (χ2v) is 34.0. The van der Waals surface area contributed by atoms with Gasteiger partial charge in [-0.2, -0.15) is 0 Å². The standard InChI is InChI=1S/C81H158O17P2/c1-71(2)57-49-41-33-27-21-17-13-9-11-15-19-23-31-37-47-55-63-80(85)97-76(67-91-78(83)61-53-45-36-30-26-25-29-35-43-51-59-73(5)6)69-95-99(87,88)93-65-75(82)66-94-100(89,90)96-70-77(68-92-79(84)62-54-46-40-39-44-52-60-74(7)8)98-81(86)64-56-48-38-32-24-20-16-12-10-14-18-22-28-34-42-50-58-72(3)4/h71-77,82H,9-70H2,1-8H3,(H,87,88)(H,89,90)/t75?,76-,77-/m1/s1. The number of phosphoric acid groups is 2. The van der Waals surface area contributed by atoms with E-state index in [2.05, 4.69) is 55.4 Å². The highest BCUT2D eigenvalue weighted by Gasteiger charge is 2.30. The topological polar surface area (TPSA) is 237 Å². The number of rotatable bonds is 78. The Balaban J connectivity index is 5.20. The summed E-state index contributed by atoms with van der Waals surface area (Å²) in [6.45, 7) is 14.2. The van der Waals surface area contributed by atoms with Crippen LogP contribution in [-0.2, 0) is 65.4 Å². The maximum atomic E-state index is 13.1. The van der Waals surface area contributed by atoms with E-state index in [9.17, 15) is 43.2 Å². The van der Waals surface area contributed by atoms with E-state index in [1.54, 1.807) is 0 Å². The molecular formula is C81H158O17P2. The third kappa shape index (κ3) is 74.3. The van der Waals surface area contributed by atoms with Gasteiger partial charge in [-0.25, -0.2) is 9.13 Å². The fourth-order valence-corrected chi connectivity index (χ4v) is 14.0. The maximum Gasteiger partial charge on any atom is 0.472 e. The monoisotopic (exact) mass is 1470 g/mol. The van der Waals surface area contributed by atoms with Crippen molar-refractivity contribution in [2.24, 2.45) is 23.7 Å². The highest BCUT2D eigenvalue weighted by atomic mass is 31.2. The molecule has 0 aliphatic carbocycles. The first-order chi connectivity index (χ1) is 48.1. The molecule has 0 spiro atoms. The van der Waals surface area contributed by atoms with E-state index < -0.39 is 97.5 Å². The Morgan fingerprint density at radius 2 is 0.420 bits per heavy atom. The Hall–Kier alpha value is -1.94. The third-order valence-electron chi connectivity index (χ3n) is 18.8. The fourth-order valence-electron chi connectivity index (χ4n) is 12.4. The molecule has 0 heterocycles. The third-order valence-corrected chi connectivity index (χ3v) is 20.7. The largest absolute Gasteiger partial charge is 0.472 e. The van der Waals surface area contributed by atoms with Crippen molar-refractivity contribution in [3.8, 4) is 0 Å². The van der Waals surface area contributed by atoms with Crippen molar-refractivity contribution < 1.29 is 80.2 Å². The maximum absolute atomic E-state index is 13.1. The van der Waals surface area contributed by atoms with Crippen LogP contribution in [0.15, 0.2) is 0 Å². The Labute approximate surface area is 613 Å². The zero-order valence-electron chi connectivity index (χ0n) is 65.8. The first kappa shape index (κ1) is 98.1. The molecule has 0 saturated heterocycles. The van der Waals surface area contributed by atoms with Crippen LogP contribution in [0.25, 0.3) is 0 Å². The fraction of sp³-hybridized carbons (Fsp3) is 0.951. The molecule has 0 radical (unpaired) electrons. The average molecular weight is 1470 g/mol. The minimum Gasteiger partial charge on any atom is -0.462 e. The minimum atomic E-state index is -4.96. The van der Waals surface area contributed by atoms with E-state index in [-0.39, 0.29) is 25.7 Å². The lowest BCUT2D eigenvalue weighted by Gasteiger charge is -2.21. The summed E-state index contributed by atoms with van der Waals surface area (Å²) in [6, 6.07) is 0. The highest BCUT2D eigenvalue weighted by molar-refractivity contribution is 7.47. The van der Waals surface area contributed by atoms with Crippen LogP contribution in [0.2, 0.25) is 0 Å². The molecule has 0 bridgehead atoms. The number of hydrogen-bond donors (Lipinski definition) is 3. The van der Waals surface area contributed by atoms with Gasteiger partial charge in [0.2, 0.25) is 0 Å². The Morgan fingerprint density at radius 3 is 0.620 bits per heavy atom. The van der Waals surface area contributed by atoms with Crippen molar-refractivity contribution in [2.45, 2.75) is 433 Å². The first-order valence-electron chi connectivity index (χ1n) is 41.7. The molecule has 0 rings (SSSR count). The smallest absolute Gasteiger partial charge is 0.462 e. The van der Waals surface area contributed by atoms with Crippen molar-refractivity contribution in [2.75, 3.05) is 39.6 Å². The molecule has 0 amide bonds. The van der Waals surface area contributed by atoms with Gasteiger partial charge in [0.25, 0.3) is 0 Å². The van der Waals surface area contributed by atoms with Crippen molar-refractivity contribution in [3.05, 3.63) is 0 Å². The Morgan fingerprint density at radius 1 is 0.250 bits per heavy atom. The summed E-state index contributed by atoms with van der Waals surface area (Å²) in [4.78, 5) is 73.0. The molecule has 5 atom stereocenters. The second-order valence-electron chi connectivity index (χ2n) is 31.1. The molecule has 0 aromatic carbocycles. The van der Waals surface area contributed by atoms with Crippen molar-refractivity contribution in [1.29, 1.82) is 0 Å². The molecule has 100 heavy (non-hydrogen) atoms. The normalized spacial score (nSPS) is 14.0. The molecule has 0 aliphatic rings. The summed E-state index contributed by atoms with van der Waals surface area (Å²) in [5, 5.41) is 10.6. The average Bonchev–Trinajstić information content (AvgIpc) is 0.925. The lowest BCUT2D eigenvalue weighted by Crippen LogP contribution is -2.30. The number of hydrogen-bond acceptors (Lipinski definition) is 15. The van der Waals surface area contributed by atoms with Gasteiger partial charge in [-0.05, 0) is 49.4 Å². The van der Waals surface area contributed by atoms with E-state index >= 15 is 0 Å². The zero-order chi connectivity index (χ0) is 73.8. The Kier molecular flexibility index (Phi) is 68.7. The van der Waals surface area contributed by atoms with Gasteiger partial charge in [0.05, 0.1) is 26.4 Å². The predicted molar refractivity (Wildman–Crippen MR) is 409 cm³/mol. The lowest BCUT2D eigenvalue weighted by molar-refractivity contribution is -0.161. The second kappa shape index (κ2) is 70.1. The van der Waals surface area contributed by atoms with E-state index in [4.69, 9.17) is 37.0 Å². The van der Waals surface area contributed by atoms with Crippen LogP contribution in [-0.4, -0.2) is 96.7 Å². The van der Waals surface area contributed by atoms with Gasteiger partial charge < -0.3 is 33.8 Å². The molecule has 0 saturated carbocycles. The van der Waals surface area contributed by atoms with Crippen LogP contribution in [0.3, 0.4) is 0 Å². The van der Waals surface area contributed by atoms with Gasteiger partial charge in [-0.3, -0.25) is 37.3 Å². The van der Waals surface area contributed by atoms with Crippen LogP contribution in [0, 0.1) is 23.7 Å². The number of esters is 4. The van der Waals surface area contributed by atoms with Crippen LogP contribution in [0.5, 0.6) is 0 Å². The van der Waals surface area contributed by atoms with Crippen molar-refractivity contribution in [1.82, 2.24) is 0 Å². The van der Waals surface area contributed by atoms with Crippen molar-refractivity contribution in [3.63, 3.8) is 0 Å². The van der Waals surface area contributed by atoms with E-state index in [0.29, 0.717) is 31.6 Å². The summed E-state index contributed by atoms with van der Waals surface area (Å²) < 4.78 is 68.7. The predicted octanol–water partition coefficient (Wildman–Crippen LogP) is 24.0. The summed E-state index contributed by atoms with van der Waals surface area (Å²) in [7, 11) is -9.92. The summed E-state index contributed by atoms with van der Waals surface area (Å²) in [5.41, 5.74) is 0. The lowest BCUT2D eigenvalue weighted by atomic mass is 10.0.